The van der Waals surface area contributed by atoms with Crippen LogP contribution in [0, 0.1) is 11.6 Å². The molecule has 0 unspecified atom stereocenters. The van der Waals surface area contributed by atoms with Crippen molar-refractivity contribution in [1.29, 1.82) is 0 Å². The number of nitrogens with zero attached hydrogens (tertiary/aromatic N) is 1. The van der Waals surface area contributed by atoms with Gasteiger partial charge in [0.05, 0.1) is 13.2 Å². The lowest BCUT2D eigenvalue weighted by atomic mass is 10.1. The molecule has 2 rings (SSSR count). The van der Waals surface area contributed by atoms with Crippen LogP contribution in [-0.4, -0.2) is 44.3 Å². The van der Waals surface area contributed by atoms with E-state index < -0.39 is 17.5 Å². The molecule has 0 saturated carbocycles. The van der Waals surface area contributed by atoms with Crippen LogP contribution in [0.1, 0.15) is 10.4 Å². The van der Waals surface area contributed by atoms with Crippen molar-refractivity contribution in [3.63, 3.8) is 0 Å². The van der Waals surface area contributed by atoms with E-state index in [4.69, 9.17) is 4.74 Å². The van der Waals surface area contributed by atoms with Gasteiger partial charge in [-0.3, -0.25) is 10.2 Å². The van der Waals surface area contributed by atoms with Gasteiger partial charge in [0.25, 0.3) is 5.91 Å². The second-order valence-electron chi connectivity index (χ2n) is 4.11. The Morgan fingerprint density at radius 3 is 2.37 bits per heavy atom. The summed E-state index contributed by atoms with van der Waals surface area (Å²) in [5.41, 5.74) is 2.29. The molecule has 19 heavy (non-hydrogen) atoms. The monoisotopic (exact) mass is 271 g/mol. The highest BCUT2D eigenvalue weighted by Crippen LogP contribution is 2.20. The fourth-order valence-corrected chi connectivity index (χ4v) is 1.83. The minimum Gasteiger partial charge on any atom is -0.383 e. The van der Waals surface area contributed by atoms with Crippen LogP contribution >= 0.6 is 0 Å². The van der Waals surface area contributed by atoms with Gasteiger partial charge in [0, 0.05) is 25.7 Å². The molecule has 1 heterocycles. The van der Waals surface area contributed by atoms with Gasteiger partial charge in [0.2, 0.25) is 0 Å². The number of benzene rings is 1. The Morgan fingerprint density at radius 1 is 1.26 bits per heavy atom. The van der Waals surface area contributed by atoms with Crippen molar-refractivity contribution in [3.05, 3.63) is 29.3 Å². The predicted molar refractivity (Wildman–Crippen MR) is 65.8 cm³/mol. The maximum atomic E-state index is 13.5. The molecule has 1 amide bonds. The standard InChI is InChI=1S/C12H15F2N3O2/c1-15-11-9(13)6-8(7-10(11)14)12(18)16-17-2-4-19-5-3-17/h6-7,15H,2-5H2,1H3,(H,16,18). The van der Waals surface area contributed by atoms with Crippen molar-refractivity contribution >= 4 is 11.6 Å². The molecule has 1 aliphatic rings. The fourth-order valence-electron chi connectivity index (χ4n) is 1.83. The molecule has 1 aromatic carbocycles. The van der Waals surface area contributed by atoms with E-state index in [1.807, 2.05) is 0 Å². The first-order valence-corrected chi connectivity index (χ1v) is 5.92. The number of hydrazine groups is 1. The van der Waals surface area contributed by atoms with Crippen molar-refractivity contribution in [2.75, 3.05) is 38.7 Å². The Labute approximate surface area is 109 Å². The number of hydrogen-bond donors (Lipinski definition) is 2. The quantitative estimate of drug-likeness (QED) is 0.860. The first-order chi connectivity index (χ1) is 9.11. The van der Waals surface area contributed by atoms with Crippen LogP contribution in [0.25, 0.3) is 0 Å². The Bertz CT molecular complexity index is 453. The number of halogens is 2. The normalized spacial score (nSPS) is 16.2. The van der Waals surface area contributed by atoms with Crippen LogP contribution in [0.2, 0.25) is 0 Å². The van der Waals surface area contributed by atoms with Gasteiger partial charge < -0.3 is 10.1 Å². The van der Waals surface area contributed by atoms with E-state index in [0.29, 0.717) is 26.3 Å². The van der Waals surface area contributed by atoms with Gasteiger partial charge >= 0.3 is 0 Å². The van der Waals surface area contributed by atoms with E-state index in [2.05, 4.69) is 10.7 Å². The number of nitrogens with one attached hydrogen (secondary N) is 2. The molecular formula is C12H15F2N3O2. The zero-order chi connectivity index (χ0) is 13.8. The highest BCUT2D eigenvalue weighted by Gasteiger charge is 2.17. The van der Waals surface area contributed by atoms with E-state index in [0.717, 1.165) is 12.1 Å². The Morgan fingerprint density at radius 2 is 1.84 bits per heavy atom. The minimum atomic E-state index is -0.797. The van der Waals surface area contributed by atoms with Crippen LogP contribution in [0.4, 0.5) is 14.5 Å². The third kappa shape index (κ3) is 3.18. The topological polar surface area (TPSA) is 53.6 Å². The maximum Gasteiger partial charge on any atom is 0.265 e. The largest absolute Gasteiger partial charge is 0.383 e. The lowest BCUT2D eigenvalue weighted by Gasteiger charge is -2.26. The Kier molecular flexibility index (Phi) is 4.28. The summed E-state index contributed by atoms with van der Waals surface area (Å²) in [7, 11) is 1.41. The second kappa shape index (κ2) is 5.94. The number of carbonyl (C=O) groups excluding carboxylic acids is 1. The van der Waals surface area contributed by atoms with Crippen molar-refractivity contribution in [2.24, 2.45) is 0 Å². The number of ether oxygens (including phenoxy) is 1. The molecule has 1 aliphatic heterocycles. The zero-order valence-corrected chi connectivity index (χ0v) is 10.5. The maximum absolute atomic E-state index is 13.5. The third-order valence-corrected chi connectivity index (χ3v) is 2.83. The highest BCUT2D eigenvalue weighted by atomic mass is 19.1. The van der Waals surface area contributed by atoms with Crippen molar-refractivity contribution in [2.45, 2.75) is 0 Å². The Hall–Kier alpha value is -1.73. The van der Waals surface area contributed by atoms with Crippen LogP contribution in [0.5, 0.6) is 0 Å². The summed E-state index contributed by atoms with van der Waals surface area (Å²) >= 11 is 0. The highest BCUT2D eigenvalue weighted by molar-refractivity contribution is 5.94. The molecule has 7 heteroatoms. The van der Waals surface area contributed by atoms with E-state index in [1.54, 1.807) is 5.01 Å². The van der Waals surface area contributed by atoms with Crippen LogP contribution in [0.3, 0.4) is 0 Å². The van der Waals surface area contributed by atoms with Gasteiger partial charge in [0.15, 0.2) is 0 Å². The molecule has 104 valence electrons. The van der Waals surface area contributed by atoms with Crippen molar-refractivity contribution < 1.29 is 18.3 Å². The summed E-state index contributed by atoms with van der Waals surface area (Å²) in [4.78, 5) is 11.9. The number of hydrogen-bond acceptors (Lipinski definition) is 4. The molecular weight excluding hydrogens is 256 g/mol. The number of morpholine rings is 1. The number of amides is 1. The molecule has 0 aromatic heterocycles. The van der Waals surface area contributed by atoms with Crippen LogP contribution < -0.4 is 10.7 Å². The number of carbonyl (C=O) groups is 1. The molecule has 1 fully saturated rings. The van der Waals surface area contributed by atoms with E-state index in [1.165, 1.54) is 7.05 Å². The van der Waals surface area contributed by atoms with E-state index in [-0.39, 0.29) is 11.3 Å². The summed E-state index contributed by atoms with van der Waals surface area (Å²) < 4.78 is 32.2. The summed E-state index contributed by atoms with van der Waals surface area (Å²) in [6, 6.07) is 2.01. The van der Waals surface area contributed by atoms with E-state index in [9.17, 15) is 13.6 Å². The molecule has 1 saturated heterocycles. The molecule has 2 N–H and O–H groups in total. The van der Waals surface area contributed by atoms with E-state index >= 15 is 0 Å². The van der Waals surface area contributed by atoms with Crippen molar-refractivity contribution in [3.8, 4) is 0 Å². The van der Waals surface area contributed by atoms with Gasteiger partial charge in [-0.1, -0.05) is 0 Å². The third-order valence-electron chi connectivity index (χ3n) is 2.83. The molecule has 0 atom stereocenters. The van der Waals surface area contributed by atoms with Gasteiger partial charge in [0.1, 0.15) is 17.3 Å². The molecule has 0 bridgehead atoms. The van der Waals surface area contributed by atoms with Gasteiger partial charge in [-0.15, -0.1) is 0 Å². The van der Waals surface area contributed by atoms with Crippen molar-refractivity contribution in [1.82, 2.24) is 10.4 Å². The molecule has 5 nitrogen and oxygen atoms in total. The van der Waals surface area contributed by atoms with Crippen LogP contribution in [-0.2, 0) is 4.74 Å². The molecule has 0 aliphatic carbocycles. The molecule has 1 aromatic rings. The number of anilines is 1. The average molecular weight is 271 g/mol. The smallest absolute Gasteiger partial charge is 0.265 e. The van der Waals surface area contributed by atoms with Crippen LogP contribution in [0.15, 0.2) is 12.1 Å². The summed E-state index contributed by atoms with van der Waals surface area (Å²) in [6.45, 7) is 2.12. The summed E-state index contributed by atoms with van der Waals surface area (Å²) in [5, 5.41) is 4.06. The van der Waals surface area contributed by atoms with Gasteiger partial charge in [-0.05, 0) is 12.1 Å². The second-order valence-corrected chi connectivity index (χ2v) is 4.11. The average Bonchev–Trinajstić information content (AvgIpc) is 2.39. The lowest BCUT2D eigenvalue weighted by molar-refractivity contribution is 0.0126. The Balaban J connectivity index is 2.10. The van der Waals surface area contributed by atoms with Gasteiger partial charge in [-0.25, -0.2) is 13.8 Å². The summed E-state index contributed by atoms with van der Waals surface area (Å²) in [6.07, 6.45) is 0. The SMILES string of the molecule is CNc1c(F)cc(C(=O)NN2CCOCC2)cc1F. The molecule has 0 spiro atoms. The lowest BCUT2D eigenvalue weighted by Crippen LogP contribution is -2.48. The first kappa shape index (κ1) is 13.7. The first-order valence-electron chi connectivity index (χ1n) is 5.92. The predicted octanol–water partition coefficient (Wildman–Crippen LogP) is 0.983. The summed E-state index contributed by atoms with van der Waals surface area (Å²) in [5.74, 6) is -2.13. The fraction of sp³-hybridized carbons (Fsp3) is 0.417. The zero-order valence-electron chi connectivity index (χ0n) is 10.5. The van der Waals surface area contributed by atoms with Gasteiger partial charge in [-0.2, -0.15) is 0 Å². The minimum absolute atomic E-state index is 0.0551. The molecule has 0 radical (unpaired) electrons. The number of rotatable bonds is 3.